The number of aromatic nitrogens is 2. The number of alkyl carbamates (subject to hydrolysis) is 1. The number of halogens is 6. The summed E-state index contributed by atoms with van der Waals surface area (Å²) in [5.74, 6) is -0.899. The molecule has 2 N–H and O–H groups in total. The standard InChI is InChI=1S/C35H35F6N5O3/c1-33(2,3)49-32(48)42-20-21-8-5-13-27(16-21)46-28(19-29(44-46)35(39,40)41)31(47)43-25-12-7-10-23(18-25)30(45(4)26-14-15-26)22-9-6-11-24(17-22)34(36,37)38/h5-13,16-19,26,30H,14-15,20H2,1-4H3,(H,42,48)(H,43,47). The number of alkyl halides is 6. The second kappa shape index (κ2) is 13.6. The molecule has 1 aliphatic rings. The Labute approximate surface area is 279 Å². The summed E-state index contributed by atoms with van der Waals surface area (Å²) in [5.41, 5.74) is -1.38. The summed E-state index contributed by atoms with van der Waals surface area (Å²) in [7, 11) is 1.82. The maximum Gasteiger partial charge on any atom is 0.435 e. The van der Waals surface area contributed by atoms with Crippen molar-refractivity contribution >= 4 is 17.7 Å². The first-order chi connectivity index (χ1) is 22.9. The third-order valence-corrected chi connectivity index (χ3v) is 7.74. The number of hydrogen-bond donors (Lipinski definition) is 2. The van der Waals surface area contributed by atoms with Gasteiger partial charge < -0.3 is 15.4 Å². The van der Waals surface area contributed by atoms with Crippen molar-refractivity contribution in [3.05, 3.63) is 113 Å². The molecule has 1 aliphatic carbocycles. The number of benzene rings is 3. The van der Waals surface area contributed by atoms with Gasteiger partial charge in [0.05, 0.1) is 17.3 Å². The molecule has 1 heterocycles. The highest BCUT2D eigenvalue weighted by atomic mass is 19.4. The molecule has 1 saturated carbocycles. The summed E-state index contributed by atoms with van der Waals surface area (Å²) in [5, 5.41) is 8.90. The molecule has 260 valence electrons. The van der Waals surface area contributed by atoms with Gasteiger partial charge in [-0.3, -0.25) is 9.69 Å². The van der Waals surface area contributed by atoms with E-state index in [9.17, 15) is 35.9 Å². The normalized spacial score (nSPS) is 14.4. The van der Waals surface area contributed by atoms with E-state index in [2.05, 4.69) is 15.7 Å². The van der Waals surface area contributed by atoms with Crippen LogP contribution in [0.4, 0.5) is 36.8 Å². The van der Waals surface area contributed by atoms with Crippen molar-refractivity contribution in [2.75, 3.05) is 12.4 Å². The number of nitrogens with zero attached hydrogens (tertiary/aromatic N) is 3. The number of carbonyl (C=O) groups is 2. The molecule has 49 heavy (non-hydrogen) atoms. The van der Waals surface area contributed by atoms with Crippen LogP contribution >= 0.6 is 0 Å². The molecule has 0 aliphatic heterocycles. The van der Waals surface area contributed by atoms with Gasteiger partial charge >= 0.3 is 18.4 Å². The molecule has 1 unspecified atom stereocenters. The second-order valence-corrected chi connectivity index (χ2v) is 12.9. The van der Waals surface area contributed by atoms with Crippen molar-refractivity contribution in [2.24, 2.45) is 0 Å². The van der Waals surface area contributed by atoms with Crippen molar-refractivity contribution in [2.45, 2.75) is 70.2 Å². The minimum Gasteiger partial charge on any atom is -0.444 e. The zero-order valence-corrected chi connectivity index (χ0v) is 27.1. The van der Waals surface area contributed by atoms with Gasteiger partial charge in [-0.1, -0.05) is 36.4 Å². The molecule has 4 aromatic rings. The summed E-state index contributed by atoms with van der Waals surface area (Å²) in [6.45, 7) is 5.10. The zero-order chi connectivity index (χ0) is 35.7. The molecule has 1 atom stereocenters. The Morgan fingerprint density at radius 2 is 1.55 bits per heavy atom. The van der Waals surface area contributed by atoms with Crippen molar-refractivity contribution in [3.63, 3.8) is 0 Å². The monoisotopic (exact) mass is 687 g/mol. The molecule has 1 aromatic heterocycles. The lowest BCUT2D eigenvalue weighted by Crippen LogP contribution is -2.32. The van der Waals surface area contributed by atoms with Crippen LogP contribution in [-0.2, 0) is 23.6 Å². The van der Waals surface area contributed by atoms with E-state index in [-0.39, 0.29) is 24.0 Å². The fraction of sp³-hybridized carbons (Fsp3) is 0.343. The third kappa shape index (κ3) is 8.99. The third-order valence-electron chi connectivity index (χ3n) is 7.74. The highest BCUT2D eigenvalue weighted by molar-refractivity contribution is 6.03. The molecule has 0 saturated heterocycles. The zero-order valence-electron chi connectivity index (χ0n) is 27.1. The maximum atomic E-state index is 13.8. The summed E-state index contributed by atoms with van der Waals surface area (Å²) in [4.78, 5) is 27.7. The predicted octanol–water partition coefficient (Wildman–Crippen LogP) is 8.37. The van der Waals surface area contributed by atoms with Crippen LogP contribution in [0.3, 0.4) is 0 Å². The number of nitrogens with one attached hydrogen (secondary N) is 2. The first-order valence-electron chi connectivity index (χ1n) is 15.4. The molecule has 14 heteroatoms. The van der Waals surface area contributed by atoms with Gasteiger partial charge in [-0.15, -0.1) is 0 Å². The van der Waals surface area contributed by atoms with Crippen molar-refractivity contribution in [1.82, 2.24) is 20.0 Å². The average Bonchev–Trinajstić information content (AvgIpc) is 3.76. The first-order valence-corrected chi connectivity index (χ1v) is 15.4. The minimum absolute atomic E-state index is 0.00712. The lowest BCUT2D eigenvalue weighted by molar-refractivity contribution is -0.141. The maximum absolute atomic E-state index is 13.8. The molecule has 5 rings (SSSR count). The van der Waals surface area contributed by atoms with Crippen LogP contribution in [0.25, 0.3) is 5.69 Å². The van der Waals surface area contributed by atoms with Crippen molar-refractivity contribution in [3.8, 4) is 5.69 Å². The van der Waals surface area contributed by atoms with Crippen molar-refractivity contribution < 1.29 is 40.7 Å². The largest absolute Gasteiger partial charge is 0.444 e. The van der Waals surface area contributed by atoms with Crippen LogP contribution < -0.4 is 10.6 Å². The Bertz CT molecular complexity index is 1830. The highest BCUT2D eigenvalue weighted by Crippen LogP contribution is 2.39. The van der Waals surface area contributed by atoms with E-state index in [1.165, 1.54) is 24.3 Å². The molecule has 1 fully saturated rings. The topological polar surface area (TPSA) is 88.5 Å². The van der Waals surface area contributed by atoms with Gasteiger partial charge in [0.25, 0.3) is 5.91 Å². The lowest BCUT2D eigenvalue weighted by atomic mass is 9.95. The van der Waals surface area contributed by atoms with Gasteiger partial charge in [0.1, 0.15) is 11.3 Å². The predicted molar refractivity (Wildman–Crippen MR) is 170 cm³/mol. The second-order valence-electron chi connectivity index (χ2n) is 12.9. The van der Waals surface area contributed by atoms with Crippen LogP contribution in [0, 0.1) is 0 Å². The summed E-state index contributed by atoms with van der Waals surface area (Å²) >= 11 is 0. The van der Waals surface area contributed by atoms with Crippen molar-refractivity contribution in [1.29, 1.82) is 0 Å². The van der Waals surface area contributed by atoms with E-state index < -0.39 is 52.9 Å². The molecule has 2 amide bonds. The van der Waals surface area contributed by atoms with Gasteiger partial charge in [0.2, 0.25) is 0 Å². The molecular formula is C35H35F6N5O3. The fourth-order valence-corrected chi connectivity index (χ4v) is 5.39. The fourth-order valence-electron chi connectivity index (χ4n) is 5.39. The van der Waals surface area contributed by atoms with Gasteiger partial charge in [-0.2, -0.15) is 31.4 Å². The van der Waals surface area contributed by atoms with Gasteiger partial charge in [0, 0.05) is 24.3 Å². The Kier molecular flexibility index (Phi) is 9.82. The molecular weight excluding hydrogens is 652 g/mol. The van der Waals surface area contributed by atoms with Crippen LogP contribution in [-0.4, -0.2) is 45.4 Å². The van der Waals surface area contributed by atoms with E-state index in [1.807, 2.05) is 11.9 Å². The molecule has 0 radical (unpaired) electrons. The van der Waals surface area contributed by atoms with E-state index >= 15 is 0 Å². The van der Waals surface area contributed by atoms with Gasteiger partial charge in [-0.05, 0) is 93.7 Å². The molecule has 0 spiro atoms. The number of rotatable bonds is 9. The molecule has 0 bridgehead atoms. The minimum atomic E-state index is -4.86. The Hall–Kier alpha value is -4.85. The van der Waals surface area contributed by atoms with Crippen LogP contribution in [0.5, 0.6) is 0 Å². The number of hydrogen-bond acceptors (Lipinski definition) is 5. The Morgan fingerprint density at radius 3 is 2.18 bits per heavy atom. The quantitative estimate of drug-likeness (QED) is 0.173. The Morgan fingerprint density at radius 1 is 0.898 bits per heavy atom. The van der Waals surface area contributed by atoms with Crippen LogP contribution in [0.15, 0.2) is 78.9 Å². The lowest BCUT2D eigenvalue weighted by Gasteiger charge is -2.30. The SMILES string of the molecule is CN(C1CC1)C(c1cccc(NC(=O)c2cc(C(F)(F)F)nn2-c2cccc(CNC(=O)OC(C)(C)C)c2)c1)c1cccc(C(F)(F)F)c1. The van der Waals surface area contributed by atoms with Crippen LogP contribution in [0.1, 0.15) is 78.1 Å². The molecule has 3 aromatic carbocycles. The number of carbonyl (C=O) groups excluding carboxylic acids is 2. The smallest absolute Gasteiger partial charge is 0.435 e. The number of amides is 2. The summed E-state index contributed by atoms with van der Waals surface area (Å²) in [6.07, 6.45) is -8.32. The summed E-state index contributed by atoms with van der Waals surface area (Å²) < 4.78 is 88.3. The molecule has 8 nitrogen and oxygen atoms in total. The van der Waals surface area contributed by atoms with Gasteiger partial charge in [0.15, 0.2) is 5.69 Å². The van der Waals surface area contributed by atoms with Gasteiger partial charge in [-0.25, -0.2) is 9.48 Å². The number of ether oxygens (including phenoxy) is 1. The van der Waals surface area contributed by atoms with E-state index in [1.54, 1.807) is 57.2 Å². The number of anilines is 1. The Balaban J connectivity index is 1.44. The van der Waals surface area contributed by atoms with E-state index in [4.69, 9.17) is 4.74 Å². The highest BCUT2D eigenvalue weighted by Gasteiger charge is 2.37. The van der Waals surface area contributed by atoms with Crippen LogP contribution in [0.2, 0.25) is 0 Å². The average molecular weight is 688 g/mol. The summed E-state index contributed by atoms with van der Waals surface area (Å²) in [6, 6.07) is 17.9. The van der Waals surface area contributed by atoms with E-state index in [0.29, 0.717) is 22.8 Å². The van der Waals surface area contributed by atoms with E-state index in [0.717, 1.165) is 29.7 Å². The first kappa shape index (κ1) is 35.5.